The fourth-order valence-corrected chi connectivity index (χ4v) is 6.44. The van der Waals surface area contributed by atoms with E-state index >= 15 is 0 Å². The van der Waals surface area contributed by atoms with Gasteiger partial charge in [0.2, 0.25) is 5.91 Å². The van der Waals surface area contributed by atoms with Crippen molar-refractivity contribution in [1.29, 1.82) is 0 Å². The molecular weight excluding hydrogens is 520 g/mol. The van der Waals surface area contributed by atoms with Gasteiger partial charge in [-0.25, -0.2) is 19.9 Å². The molecule has 2 aromatic carbocycles. The van der Waals surface area contributed by atoms with E-state index in [1.165, 1.54) is 5.56 Å². The highest BCUT2D eigenvalue weighted by Crippen LogP contribution is 2.40. The van der Waals surface area contributed by atoms with Crippen LogP contribution in [0.1, 0.15) is 12.5 Å². The predicted octanol–water partition coefficient (Wildman–Crippen LogP) is 5.14. The van der Waals surface area contributed by atoms with E-state index in [-0.39, 0.29) is 18.5 Å². The number of pyridine rings is 1. The number of anilines is 1. The molecule has 0 spiro atoms. The predicted molar refractivity (Wildman–Crippen MR) is 158 cm³/mol. The average molecular weight is 549 g/mol. The van der Waals surface area contributed by atoms with Gasteiger partial charge >= 0.3 is 0 Å². The lowest BCUT2D eigenvalue weighted by molar-refractivity contribution is -0.134. The Kier molecular flexibility index (Phi) is 6.04. The van der Waals surface area contributed by atoms with Crippen molar-refractivity contribution in [3.05, 3.63) is 78.8 Å². The van der Waals surface area contributed by atoms with E-state index in [1.807, 2.05) is 45.9 Å². The third-order valence-electron chi connectivity index (χ3n) is 7.44. The second-order valence-electron chi connectivity index (χ2n) is 10.2. The lowest BCUT2D eigenvalue weighted by atomic mass is 10.1. The number of hydrogen-bond acceptors (Lipinski definition) is 7. The normalized spacial score (nSPS) is 15.8. The molecule has 1 aliphatic rings. The lowest BCUT2D eigenvalue weighted by Crippen LogP contribution is -2.54. The van der Waals surface area contributed by atoms with Crippen LogP contribution in [0.15, 0.2) is 73.2 Å². The van der Waals surface area contributed by atoms with Crippen LogP contribution in [0, 0.1) is 6.92 Å². The van der Waals surface area contributed by atoms with Gasteiger partial charge in [-0.3, -0.25) is 4.79 Å². The summed E-state index contributed by atoms with van der Waals surface area (Å²) in [6, 6.07) is 20.3. The monoisotopic (exact) mass is 548 g/mol. The molecule has 5 heterocycles. The van der Waals surface area contributed by atoms with Gasteiger partial charge in [0, 0.05) is 37.4 Å². The molecule has 0 unspecified atom stereocenters. The number of carbonyl (C=O) groups excluding carboxylic acids is 1. The summed E-state index contributed by atoms with van der Waals surface area (Å²) in [6.07, 6.45) is 3.42. The van der Waals surface area contributed by atoms with Gasteiger partial charge in [0.15, 0.2) is 11.5 Å². The number of amides is 1. The van der Waals surface area contributed by atoms with Gasteiger partial charge in [-0.15, -0.1) is 0 Å². The Morgan fingerprint density at radius 2 is 1.82 bits per heavy atom. The summed E-state index contributed by atoms with van der Waals surface area (Å²) in [6.45, 7) is 6.46. The first-order valence-corrected chi connectivity index (χ1v) is 14.2. The van der Waals surface area contributed by atoms with E-state index in [0.717, 1.165) is 49.3 Å². The topological polar surface area (TPSA) is 95.8 Å². The Morgan fingerprint density at radius 1 is 1.00 bits per heavy atom. The first kappa shape index (κ1) is 24.5. The van der Waals surface area contributed by atoms with Gasteiger partial charge in [-0.2, -0.15) is 0 Å². The molecule has 7 rings (SSSR count). The SMILES string of the molecule is Cc1ccc(-c2nc(-c3nc4ccccc4[nH]3)c(N3CCN(C(=O)Cn4cnc5cccnc54)[C@H](C)C3)s2)cc1. The molecule has 0 saturated carbocycles. The van der Waals surface area contributed by atoms with E-state index in [2.05, 4.69) is 58.0 Å². The van der Waals surface area contributed by atoms with E-state index in [4.69, 9.17) is 9.97 Å². The largest absolute Gasteiger partial charge is 0.358 e. The van der Waals surface area contributed by atoms with Crippen LogP contribution in [0.3, 0.4) is 0 Å². The Bertz CT molecular complexity index is 1800. The van der Waals surface area contributed by atoms with Crippen LogP contribution >= 0.6 is 11.3 Å². The molecule has 0 aliphatic carbocycles. The third-order valence-corrected chi connectivity index (χ3v) is 8.60. The number of nitrogens with one attached hydrogen (secondary N) is 1. The summed E-state index contributed by atoms with van der Waals surface area (Å²) in [7, 11) is 0. The number of aryl methyl sites for hydroxylation is 1. The van der Waals surface area contributed by atoms with Gasteiger partial charge in [-0.05, 0) is 38.1 Å². The van der Waals surface area contributed by atoms with Crippen molar-refractivity contribution >= 4 is 44.4 Å². The Labute approximate surface area is 235 Å². The molecule has 1 saturated heterocycles. The Morgan fingerprint density at radius 3 is 2.65 bits per heavy atom. The van der Waals surface area contributed by atoms with Gasteiger partial charge in [0.05, 0.1) is 17.4 Å². The van der Waals surface area contributed by atoms with Crippen LogP contribution in [0.2, 0.25) is 0 Å². The van der Waals surface area contributed by atoms with Crippen LogP contribution in [-0.4, -0.2) is 66.0 Å². The van der Waals surface area contributed by atoms with Gasteiger partial charge < -0.3 is 19.4 Å². The van der Waals surface area contributed by atoms with Crippen LogP contribution in [0.25, 0.3) is 44.3 Å². The molecule has 200 valence electrons. The standard InChI is InChI=1S/C30H28N8OS/c1-19-9-11-21(12-10-19)29-35-26(27-33-22-6-3-4-7-23(22)34-27)30(40-29)36-14-15-38(20(2)16-36)25(39)17-37-18-32-24-8-5-13-31-28(24)37/h3-13,18,20H,14-17H2,1-2H3,(H,33,34)/t20-/m1/s1. The van der Waals surface area contributed by atoms with E-state index in [0.29, 0.717) is 19.6 Å². The summed E-state index contributed by atoms with van der Waals surface area (Å²) in [5.41, 5.74) is 6.57. The summed E-state index contributed by atoms with van der Waals surface area (Å²) < 4.78 is 1.83. The van der Waals surface area contributed by atoms with Crippen molar-refractivity contribution in [3.63, 3.8) is 0 Å². The molecule has 6 aromatic rings. The number of imidazole rings is 2. The van der Waals surface area contributed by atoms with E-state index < -0.39 is 0 Å². The third kappa shape index (κ3) is 4.40. The number of benzene rings is 2. The maximum atomic E-state index is 13.4. The minimum atomic E-state index is 0.0254. The van der Waals surface area contributed by atoms with E-state index in [9.17, 15) is 4.79 Å². The van der Waals surface area contributed by atoms with Crippen molar-refractivity contribution in [2.24, 2.45) is 0 Å². The number of rotatable bonds is 5. The number of hydrogen-bond donors (Lipinski definition) is 1. The zero-order valence-electron chi connectivity index (χ0n) is 22.3. The molecule has 10 heteroatoms. The first-order chi connectivity index (χ1) is 19.5. The second-order valence-corrected chi connectivity index (χ2v) is 11.2. The summed E-state index contributed by atoms with van der Waals surface area (Å²) in [5, 5.41) is 2.02. The second kappa shape index (κ2) is 9.87. The number of carbonyl (C=O) groups is 1. The molecule has 40 heavy (non-hydrogen) atoms. The maximum Gasteiger partial charge on any atom is 0.242 e. The summed E-state index contributed by atoms with van der Waals surface area (Å²) >= 11 is 1.68. The molecule has 1 aliphatic heterocycles. The molecule has 1 fully saturated rings. The van der Waals surface area contributed by atoms with Crippen LogP contribution < -0.4 is 4.90 Å². The Balaban J connectivity index is 1.17. The maximum absolute atomic E-state index is 13.4. The average Bonchev–Trinajstić information content (AvgIpc) is 3.70. The molecular formula is C30H28N8OS. The fourth-order valence-electron chi connectivity index (χ4n) is 5.33. The van der Waals surface area contributed by atoms with Crippen molar-refractivity contribution in [2.75, 3.05) is 24.5 Å². The highest BCUT2D eigenvalue weighted by molar-refractivity contribution is 7.19. The molecule has 4 aromatic heterocycles. The molecule has 0 bridgehead atoms. The number of aromatic amines is 1. The fraction of sp³-hybridized carbons (Fsp3) is 0.233. The molecule has 1 N–H and O–H groups in total. The van der Waals surface area contributed by atoms with E-state index in [1.54, 1.807) is 23.9 Å². The van der Waals surface area contributed by atoms with Gasteiger partial charge in [0.25, 0.3) is 0 Å². The van der Waals surface area contributed by atoms with Crippen LogP contribution in [-0.2, 0) is 11.3 Å². The Hall–Kier alpha value is -4.57. The quantitative estimate of drug-likeness (QED) is 0.320. The van der Waals surface area contributed by atoms with Crippen molar-refractivity contribution in [3.8, 4) is 22.1 Å². The minimum absolute atomic E-state index is 0.0254. The zero-order valence-corrected chi connectivity index (χ0v) is 23.1. The number of para-hydroxylation sites is 2. The number of aromatic nitrogens is 6. The molecule has 9 nitrogen and oxygen atoms in total. The van der Waals surface area contributed by atoms with Gasteiger partial charge in [-0.1, -0.05) is 53.3 Å². The molecule has 1 amide bonds. The minimum Gasteiger partial charge on any atom is -0.358 e. The molecule has 0 radical (unpaired) electrons. The highest BCUT2D eigenvalue weighted by atomic mass is 32.1. The highest BCUT2D eigenvalue weighted by Gasteiger charge is 2.31. The van der Waals surface area contributed by atoms with Crippen LogP contribution in [0.5, 0.6) is 0 Å². The number of piperazine rings is 1. The van der Waals surface area contributed by atoms with Crippen LogP contribution in [0.4, 0.5) is 5.00 Å². The van der Waals surface area contributed by atoms with Crippen molar-refractivity contribution in [1.82, 2.24) is 34.4 Å². The number of fused-ring (bicyclic) bond motifs is 2. The smallest absolute Gasteiger partial charge is 0.242 e. The summed E-state index contributed by atoms with van der Waals surface area (Å²) in [5.74, 6) is 0.829. The number of H-pyrrole nitrogens is 1. The first-order valence-electron chi connectivity index (χ1n) is 13.4. The number of nitrogens with zero attached hydrogens (tertiary/aromatic N) is 7. The van der Waals surface area contributed by atoms with Crippen molar-refractivity contribution < 1.29 is 4.79 Å². The zero-order chi connectivity index (χ0) is 27.2. The van der Waals surface area contributed by atoms with Crippen molar-refractivity contribution in [2.45, 2.75) is 26.4 Å². The number of thiazole rings is 1. The summed E-state index contributed by atoms with van der Waals surface area (Å²) in [4.78, 5) is 39.9. The molecule has 1 atom stereocenters. The lowest BCUT2D eigenvalue weighted by Gasteiger charge is -2.40. The van der Waals surface area contributed by atoms with Gasteiger partial charge in [0.1, 0.15) is 27.8 Å².